The summed E-state index contributed by atoms with van der Waals surface area (Å²) in [5.41, 5.74) is 3.08. The van der Waals surface area contributed by atoms with Crippen molar-refractivity contribution >= 4 is 46.2 Å². The molecule has 0 saturated carbocycles. The summed E-state index contributed by atoms with van der Waals surface area (Å²) in [7, 11) is 0. The van der Waals surface area contributed by atoms with Crippen LogP contribution < -0.4 is 0 Å². The Labute approximate surface area is 148 Å². The molecule has 23 heavy (non-hydrogen) atoms. The Bertz CT molecular complexity index is 905. The fourth-order valence-electron chi connectivity index (χ4n) is 2.04. The predicted octanol–water partition coefficient (Wildman–Crippen LogP) is 6.18. The van der Waals surface area contributed by atoms with E-state index in [1.807, 2.05) is 47.8 Å². The van der Waals surface area contributed by atoms with Crippen molar-refractivity contribution in [3.8, 4) is 17.3 Å². The third-order valence-electron chi connectivity index (χ3n) is 3.20. The zero-order valence-corrected chi connectivity index (χ0v) is 14.2. The van der Waals surface area contributed by atoms with Gasteiger partial charge in [0, 0.05) is 21.0 Å². The summed E-state index contributed by atoms with van der Waals surface area (Å²) in [6, 6.07) is 17.1. The Morgan fingerprint density at radius 1 is 1.09 bits per heavy atom. The van der Waals surface area contributed by atoms with Crippen LogP contribution in [0.1, 0.15) is 10.6 Å². The quantitative estimate of drug-likeness (QED) is 0.525. The average Bonchev–Trinajstić information content (AvgIpc) is 3.04. The molecule has 0 unspecified atom stereocenters. The first kappa shape index (κ1) is 15.8. The highest BCUT2D eigenvalue weighted by Gasteiger charge is 2.10. The molecular weight excluding hydrogens is 347 g/mol. The summed E-state index contributed by atoms with van der Waals surface area (Å²) >= 11 is 13.5. The van der Waals surface area contributed by atoms with Crippen LogP contribution in [0.15, 0.2) is 53.9 Å². The Hall–Kier alpha value is -2.12. The van der Waals surface area contributed by atoms with Crippen LogP contribution in [0.2, 0.25) is 10.0 Å². The number of hydrogen-bond donors (Lipinski definition) is 0. The van der Waals surface area contributed by atoms with E-state index in [2.05, 4.69) is 11.1 Å². The second-order valence-corrected chi connectivity index (χ2v) is 6.44. The molecule has 0 amide bonds. The van der Waals surface area contributed by atoms with E-state index in [1.54, 1.807) is 12.1 Å². The lowest BCUT2D eigenvalue weighted by atomic mass is 10.1. The highest BCUT2D eigenvalue weighted by atomic mass is 35.5. The standard InChI is InChI=1S/C18H10Cl2N2S/c19-15-7-5-12(6-8-15)17-11-23-18(22-17)14(10-21)9-13-3-1-2-4-16(13)20/h1-9,11H. The molecular formula is C18H10Cl2N2S. The predicted molar refractivity (Wildman–Crippen MR) is 97.5 cm³/mol. The number of hydrogen-bond acceptors (Lipinski definition) is 3. The highest BCUT2D eigenvalue weighted by Crippen LogP contribution is 2.29. The zero-order chi connectivity index (χ0) is 16.2. The molecule has 112 valence electrons. The second-order valence-electron chi connectivity index (χ2n) is 4.74. The van der Waals surface area contributed by atoms with Crippen LogP contribution in [0.25, 0.3) is 22.9 Å². The number of aromatic nitrogens is 1. The Balaban J connectivity index is 1.96. The van der Waals surface area contributed by atoms with Crippen molar-refractivity contribution in [3.63, 3.8) is 0 Å². The van der Waals surface area contributed by atoms with Gasteiger partial charge in [0.25, 0.3) is 0 Å². The molecule has 0 fully saturated rings. The fourth-order valence-corrected chi connectivity index (χ4v) is 3.15. The van der Waals surface area contributed by atoms with Gasteiger partial charge in [0.15, 0.2) is 0 Å². The lowest BCUT2D eigenvalue weighted by Crippen LogP contribution is -1.83. The summed E-state index contributed by atoms with van der Waals surface area (Å²) in [5.74, 6) is 0. The van der Waals surface area contributed by atoms with E-state index in [4.69, 9.17) is 23.2 Å². The fraction of sp³-hybridized carbons (Fsp3) is 0. The normalized spacial score (nSPS) is 11.3. The van der Waals surface area contributed by atoms with Crippen molar-refractivity contribution < 1.29 is 0 Å². The van der Waals surface area contributed by atoms with Gasteiger partial charge in [0.05, 0.1) is 11.3 Å². The maximum Gasteiger partial charge on any atom is 0.134 e. The van der Waals surface area contributed by atoms with Gasteiger partial charge >= 0.3 is 0 Å². The zero-order valence-electron chi connectivity index (χ0n) is 11.8. The smallest absolute Gasteiger partial charge is 0.134 e. The van der Waals surface area contributed by atoms with Crippen LogP contribution in [0.5, 0.6) is 0 Å². The van der Waals surface area contributed by atoms with Gasteiger partial charge in [0.2, 0.25) is 0 Å². The molecule has 0 N–H and O–H groups in total. The van der Waals surface area contributed by atoms with Crippen LogP contribution >= 0.6 is 34.5 Å². The van der Waals surface area contributed by atoms with Crippen LogP contribution in [0.3, 0.4) is 0 Å². The van der Waals surface area contributed by atoms with E-state index in [1.165, 1.54) is 11.3 Å². The summed E-state index contributed by atoms with van der Waals surface area (Å²) in [6.07, 6.45) is 1.76. The van der Waals surface area contributed by atoms with Crippen LogP contribution in [0, 0.1) is 11.3 Å². The minimum absolute atomic E-state index is 0.489. The third kappa shape index (κ3) is 3.62. The monoisotopic (exact) mass is 356 g/mol. The van der Waals surface area contributed by atoms with Gasteiger partial charge in [-0.3, -0.25) is 0 Å². The molecule has 0 radical (unpaired) electrons. The van der Waals surface area contributed by atoms with Crippen LogP contribution in [-0.2, 0) is 0 Å². The molecule has 3 aromatic rings. The summed E-state index contributed by atoms with van der Waals surface area (Å²) in [4.78, 5) is 4.55. The van der Waals surface area contributed by atoms with Crippen LogP contribution in [-0.4, -0.2) is 4.98 Å². The van der Waals surface area contributed by atoms with Gasteiger partial charge in [-0.25, -0.2) is 4.98 Å². The number of halogens is 2. The molecule has 0 aliphatic carbocycles. The number of allylic oxidation sites excluding steroid dienone is 1. The van der Waals surface area contributed by atoms with Gasteiger partial charge in [-0.15, -0.1) is 11.3 Å². The van der Waals surface area contributed by atoms with Crippen molar-refractivity contribution in [3.05, 3.63) is 74.5 Å². The van der Waals surface area contributed by atoms with E-state index in [0.717, 1.165) is 16.8 Å². The van der Waals surface area contributed by atoms with E-state index in [0.29, 0.717) is 20.6 Å². The number of benzene rings is 2. The molecule has 2 aromatic carbocycles. The number of nitrogens with zero attached hydrogens (tertiary/aromatic N) is 2. The highest BCUT2D eigenvalue weighted by molar-refractivity contribution is 7.11. The Morgan fingerprint density at radius 3 is 2.52 bits per heavy atom. The lowest BCUT2D eigenvalue weighted by molar-refractivity contribution is 1.37. The Morgan fingerprint density at radius 2 is 1.83 bits per heavy atom. The largest absolute Gasteiger partial charge is 0.235 e. The van der Waals surface area contributed by atoms with Crippen molar-refractivity contribution in [2.45, 2.75) is 0 Å². The third-order valence-corrected chi connectivity index (χ3v) is 4.67. The molecule has 0 saturated heterocycles. The number of rotatable bonds is 3. The Kier molecular flexibility index (Phi) is 4.78. The maximum absolute atomic E-state index is 9.44. The van der Waals surface area contributed by atoms with E-state index in [-0.39, 0.29) is 0 Å². The molecule has 1 heterocycles. The second kappa shape index (κ2) is 6.97. The molecule has 0 aliphatic rings. The topological polar surface area (TPSA) is 36.7 Å². The van der Waals surface area contributed by atoms with Gasteiger partial charge < -0.3 is 0 Å². The molecule has 5 heteroatoms. The first-order chi connectivity index (χ1) is 11.2. The molecule has 0 atom stereocenters. The van der Waals surface area contributed by atoms with E-state index >= 15 is 0 Å². The first-order valence-electron chi connectivity index (χ1n) is 6.75. The lowest BCUT2D eigenvalue weighted by Gasteiger charge is -1.99. The van der Waals surface area contributed by atoms with Gasteiger partial charge in [-0.2, -0.15) is 5.26 Å². The van der Waals surface area contributed by atoms with Crippen molar-refractivity contribution in [1.82, 2.24) is 4.98 Å². The van der Waals surface area contributed by atoms with Gasteiger partial charge in [-0.1, -0.05) is 53.5 Å². The van der Waals surface area contributed by atoms with E-state index < -0.39 is 0 Å². The summed E-state index contributed by atoms with van der Waals surface area (Å²) in [5, 5.41) is 13.3. The molecule has 0 spiro atoms. The SMILES string of the molecule is N#CC(=Cc1ccccc1Cl)c1nc(-c2ccc(Cl)cc2)cs1. The minimum atomic E-state index is 0.489. The van der Waals surface area contributed by atoms with Crippen molar-refractivity contribution in [1.29, 1.82) is 5.26 Å². The number of nitriles is 1. The van der Waals surface area contributed by atoms with Crippen molar-refractivity contribution in [2.24, 2.45) is 0 Å². The average molecular weight is 357 g/mol. The van der Waals surface area contributed by atoms with Gasteiger partial charge in [-0.05, 0) is 29.8 Å². The molecule has 0 bridgehead atoms. The number of thiazole rings is 1. The molecule has 2 nitrogen and oxygen atoms in total. The first-order valence-corrected chi connectivity index (χ1v) is 8.39. The van der Waals surface area contributed by atoms with E-state index in [9.17, 15) is 5.26 Å². The van der Waals surface area contributed by atoms with Crippen molar-refractivity contribution in [2.75, 3.05) is 0 Å². The molecule has 3 rings (SSSR count). The van der Waals surface area contributed by atoms with Crippen LogP contribution in [0.4, 0.5) is 0 Å². The minimum Gasteiger partial charge on any atom is -0.235 e. The maximum atomic E-state index is 9.44. The molecule has 0 aliphatic heterocycles. The molecule has 1 aromatic heterocycles. The summed E-state index contributed by atoms with van der Waals surface area (Å²) < 4.78 is 0. The van der Waals surface area contributed by atoms with Gasteiger partial charge in [0.1, 0.15) is 11.1 Å². The summed E-state index contributed by atoms with van der Waals surface area (Å²) in [6.45, 7) is 0.